The van der Waals surface area contributed by atoms with Crippen molar-refractivity contribution in [2.24, 2.45) is 5.14 Å². The SMILES string of the molecule is CNC(=O)c1cc(S(N)(=O)=O)ccc1OC1CC1. The number of benzene rings is 1. The van der Waals surface area contributed by atoms with E-state index in [1.54, 1.807) is 0 Å². The van der Waals surface area contributed by atoms with Gasteiger partial charge in [-0.25, -0.2) is 13.6 Å². The lowest BCUT2D eigenvalue weighted by molar-refractivity contribution is 0.0958. The minimum absolute atomic E-state index is 0.107. The molecule has 98 valence electrons. The van der Waals surface area contributed by atoms with Gasteiger partial charge in [-0.2, -0.15) is 0 Å². The molecule has 0 heterocycles. The molecule has 1 amide bonds. The molecule has 0 saturated heterocycles. The molecule has 3 N–H and O–H groups in total. The van der Waals surface area contributed by atoms with Gasteiger partial charge < -0.3 is 10.1 Å². The van der Waals surface area contributed by atoms with Gasteiger partial charge in [0, 0.05) is 7.05 Å². The van der Waals surface area contributed by atoms with Gasteiger partial charge in [0.05, 0.1) is 16.6 Å². The van der Waals surface area contributed by atoms with Gasteiger partial charge in [-0.3, -0.25) is 4.79 Å². The third kappa shape index (κ3) is 2.80. The molecule has 1 aliphatic rings. The molecule has 1 aromatic carbocycles. The predicted octanol–water partition coefficient (Wildman–Crippen LogP) is 0.235. The summed E-state index contributed by atoms with van der Waals surface area (Å²) in [5, 5.41) is 7.47. The summed E-state index contributed by atoms with van der Waals surface area (Å²) < 4.78 is 28.0. The molecule has 0 spiro atoms. The van der Waals surface area contributed by atoms with E-state index < -0.39 is 15.9 Å². The molecular weight excluding hydrogens is 256 g/mol. The first-order chi connectivity index (χ1) is 8.41. The maximum atomic E-state index is 11.7. The molecule has 1 aliphatic carbocycles. The normalized spacial score (nSPS) is 15.2. The third-order valence-corrected chi connectivity index (χ3v) is 3.48. The van der Waals surface area contributed by atoms with E-state index in [-0.39, 0.29) is 16.6 Å². The third-order valence-electron chi connectivity index (χ3n) is 2.57. The first kappa shape index (κ1) is 12.8. The monoisotopic (exact) mass is 270 g/mol. The van der Waals surface area contributed by atoms with Crippen molar-refractivity contribution in [3.8, 4) is 5.75 Å². The number of carbonyl (C=O) groups excluding carboxylic acids is 1. The summed E-state index contributed by atoms with van der Waals surface area (Å²) in [7, 11) is -2.37. The fourth-order valence-electron chi connectivity index (χ4n) is 1.47. The zero-order valence-corrected chi connectivity index (χ0v) is 10.7. The Morgan fingerprint density at radius 2 is 2.11 bits per heavy atom. The van der Waals surface area contributed by atoms with Crippen LogP contribution in [0.1, 0.15) is 23.2 Å². The van der Waals surface area contributed by atoms with Crippen LogP contribution in [0.3, 0.4) is 0 Å². The van der Waals surface area contributed by atoms with Gasteiger partial charge >= 0.3 is 0 Å². The molecule has 7 heteroatoms. The largest absolute Gasteiger partial charge is 0.490 e. The van der Waals surface area contributed by atoms with Gasteiger partial charge in [-0.05, 0) is 31.0 Å². The first-order valence-corrected chi connectivity index (χ1v) is 7.02. The number of ether oxygens (including phenoxy) is 1. The number of amides is 1. The Morgan fingerprint density at radius 1 is 1.44 bits per heavy atom. The zero-order chi connectivity index (χ0) is 13.3. The van der Waals surface area contributed by atoms with Crippen molar-refractivity contribution < 1.29 is 17.9 Å². The highest BCUT2D eigenvalue weighted by Crippen LogP contribution is 2.30. The molecule has 0 atom stereocenters. The second kappa shape index (κ2) is 4.58. The number of hydrogen-bond donors (Lipinski definition) is 2. The smallest absolute Gasteiger partial charge is 0.254 e. The second-order valence-electron chi connectivity index (χ2n) is 4.10. The van der Waals surface area contributed by atoms with E-state index in [0.717, 1.165) is 12.8 Å². The van der Waals surface area contributed by atoms with Gasteiger partial charge in [-0.15, -0.1) is 0 Å². The van der Waals surface area contributed by atoms with E-state index in [0.29, 0.717) is 5.75 Å². The summed E-state index contributed by atoms with van der Waals surface area (Å²) in [5.74, 6) is -0.0274. The van der Waals surface area contributed by atoms with Crippen LogP contribution in [0.25, 0.3) is 0 Å². The van der Waals surface area contributed by atoms with Crippen molar-refractivity contribution in [2.75, 3.05) is 7.05 Å². The van der Waals surface area contributed by atoms with Crippen molar-refractivity contribution >= 4 is 15.9 Å². The molecule has 2 rings (SSSR count). The summed E-state index contributed by atoms with van der Waals surface area (Å²) in [6.45, 7) is 0. The van der Waals surface area contributed by atoms with E-state index in [2.05, 4.69) is 5.32 Å². The zero-order valence-electron chi connectivity index (χ0n) is 9.84. The van der Waals surface area contributed by atoms with E-state index in [9.17, 15) is 13.2 Å². The first-order valence-electron chi connectivity index (χ1n) is 5.47. The number of hydrogen-bond acceptors (Lipinski definition) is 4. The van der Waals surface area contributed by atoms with E-state index >= 15 is 0 Å². The van der Waals surface area contributed by atoms with Crippen LogP contribution in [0.2, 0.25) is 0 Å². The summed E-state index contributed by atoms with van der Waals surface area (Å²) in [5.41, 5.74) is 0.177. The van der Waals surface area contributed by atoms with Crippen LogP contribution in [0.15, 0.2) is 23.1 Å². The number of primary sulfonamides is 1. The van der Waals surface area contributed by atoms with Gasteiger partial charge in [0.2, 0.25) is 10.0 Å². The highest BCUT2D eigenvalue weighted by atomic mass is 32.2. The van der Waals surface area contributed by atoms with Gasteiger partial charge in [-0.1, -0.05) is 0 Å². The number of nitrogens with one attached hydrogen (secondary N) is 1. The van der Waals surface area contributed by atoms with Crippen LogP contribution in [0.4, 0.5) is 0 Å². The van der Waals surface area contributed by atoms with Gasteiger partial charge in [0.25, 0.3) is 5.91 Å². The lowest BCUT2D eigenvalue weighted by atomic mass is 10.2. The number of sulfonamides is 1. The lowest BCUT2D eigenvalue weighted by Gasteiger charge is -2.11. The highest BCUT2D eigenvalue weighted by Gasteiger charge is 2.26. The van der Waals surface area contributed by atoms with E-state index in [4.69, 9.17) is 9.88 Å². The summed E-state index contributed by atoms with van der Waals surface area (Å²) in [6.07, 6.45) is 2.02. The van der Waals surface area contributed by atoms with Crippen LogP contribution in [-0.2, 0) is 10.0 Å². The van der Waals surface area contributed by atoms with Crippen LogP contribution >= 0.6 is 0 Å². The minimum Gasteiger partial charge on any atom is -0.490 e. The standard InChI is InChI=1S/C11H14N2O4S/c1-13-11(14)9-6-8(18(12,15)16)4-5-10(9)17-7-2-3-7/h4-7H,2-3H2,1H3,(H,13,14)(H2,12,15,16). The fraction of sp³-hybridized carbons (Fsp3) is 0.364. The molecule has 0 aromatic heterocycles. The molecule has 1 fully saturated rings. The molecular formula is C11H14N2O4S. The van der Waals surface area contributed by atoms with Crippen LogP contribution in [0.5, 0.6) is 5.75 Å². The van der Waals surface area contributed by atoms with Crippen molar-refractivity contribution in [3.05, 3.63) is 23.8 Å². The molecule has 6 nitrogen and oxygen atoms in total. The summed E-state index contributed by atoms with van der Waals surface area (Å²) >= 11 is 0. The summed E-state index contributed by atoms with van der Waals surface area (Å²) in [4.78, 5) is 11.6. The average Bonchev–Trinajstić information content (AvgIpc) is 3.11. The summed E-state index contributed by atoms with van der Waals surface area (Å²) in [6, 6.07) is 4.02. The molecule has 0 radical (unpaired) electrons. The Kier molecular flexibility index (Phi) is 3.27. The Morgan fingerprint density at radius 3 is 2.61 bits per heavy atom. The second-order valence-corrected chi connectivity index (χ2v) is 5.66. The Labute approximate surface area is 105 Å². The number of nitrogens with two attached hydrogens (primary N) is 1. The quantitative estimate of drug-likeness (QED) is 0.818. The van der Waals surface area contributed by atoms with Crippen LogP contribution in [0, 0.1) is 0 Å². The molecule has 1 saturated carbocycles. The molecule has 0 aliphatic heterocycles. The van der Waals surface area contributed by atoms with E-state index in [1.807, 2.05) is 0 Å². The molecule has 1 aromatic rings. The lowest BCUT2D eigenvalue weighted by Crippen LogP contribution is -2.20. The number of carbonyl (C=O) groups is 1. The van der Waals surface area contributed by atoms with Crippen molar-refractivity contribution in [2.45, 2.75) is 23.8 Å². The Bertz CT molecular complexity index is 579. The molecule has 0 bridgehead atoms. The van der Waals surface area contributed by atoms with E-state index in [1.165, 1.54) is 25.2 Å². The molecule has 0 unspecified atom stereocenters. The van der Waals surface area contributed by atoms with Gasteiger partial charge in [0.1, 0.15) is 5.75 Å². The number of rotatable bonds is 4. The molecule has 18 heavy (non-hydrogen) atoms. The predicted molar refractivity (Wildman–Crippen MR) is 64.9 cm³/mol. The fourth-order valence-corrected chi connectivity index (χ4v) is 2.01. The maximum Gasteiger partial charge on any atom is 0.254 e. The topological polar surface area (TPSA) is 98.5 Å². The van der Waals surface area contributed by atoms with Crippen molar-refractivity contribution in [1.82, 2.24) is 5.32 Å². The van der Waals surface area contributed by atoms with Gasteiger partial charge in [0.15, 0.2) is 0 Å². The average molecular weight is 270 g/mol. The van der Waals surface area contributed by atoms with Crippen molar-refractivity contribution in [3.63, 3.8) is 0 Å². The highest BCUT2D eigenvalue weighted by molar-refractivity contribution is 7.89. The maximum absolute atomic E-state index is 11.7. The Hall–Kier alpha value is -1.60. The van der Waals surface area contributed by atoms with Crippen molar-refractivity contribution in [1.29, 1.82) is 0 Å². The Balaban J connectivity index is 2.43. The van der Waals surface area contributed by atoms with Crippen LogP contribution < -0.4 is 15.2 Å². The van der Waals surface area contributed by atoms with Crippen LogP contribution in [-0.4, -0.2) is 27.5 Å². The minimum atomic E-state index is -3.83.